The average molecular weight is 540 g/mol. The van der Waals surface area contributed by atoms with Crippen LogP contribution in [0.1, 0.15) is 24.8 Å². The maximum absolute atomic E-state index is 12.2. The largest absolute Gasteiger partial charge is 0.496 e. The van der Waals surface area contributed by atoms with Crippen molar-refractivity contribution in [3.8, 4) is 5.75 Å². The van der Waals surface area contributed by atoms with E-state index in [4.69, 9.17) is 9.47 Å². The van der Waals surface area contributed by atoms with E-state index in [9.17, 15) is 8.42 Å². The summed E-state index contributed by atoms with van der Waals surface area (Å²) >= 11 is 0. The molecule has 8 nitrogen and oxygen atoms in total. The average Bonchev–Trinajstić information content (AvgIpc) is 2.71. The topological polar surface area (TPSA) is 92.3 Å². The predicted octanol–water partition coefficient (Wildman–Crippen LogP) is 1.81. The second-order valence-electron chi connectivity index (χ2n) is 6.80. The summed E-state index contributed by atoms with van der Waals surface area (Å²) in [7, 11) is 1.85. The third-order valence-electron chi connectivity index (χ3n) is 4.63. The fraction of sp³-hybridized carbons (Fsp3) is 0.632. The Morgan fingerprint density at radius 2 is 2.10 bits per heavy atom. The van der Waals surface area contributed by atoms with Crippen LogP contribution in [0.5, 0.6) is 5.75 Å². The predicted molar refractivity (Wildman–Crippen MR) is 127 cm³/mol. The summed E-state index contributed by atoms with van der Waals surface area (Å²) in [6.07, 6.45) is 3.02. The number of hydrogen-bond donors (Lipinski definition) is 2. The number of para-hydroxylation sites is 1. The van der Waals surface area contributed by atoms with E-state index in [1.165, 1.54) is 0 Å². The molecule has 1 unspecified atom stereocenters. The lowest BCUT2D eigenvalue weighted by molar-refractivity contribution is 0.0200. The van der Waals surface area contributed by atoms with Gasteiger partial charge in [0.2, 0.25) is 10.0 Å². The number of methoxy groups -OCH3 is 1. The summed E-state index contributed by atoms with van der Waals surface area (Å²) in [5.74, 6) is 1.40. The number of aliphatic imine (C=N–C) groups is 1. The first-order valence-corrected chi connectivity index (χ1v) is 11.2. The number of rotatable bonds is 9. The van der Waals surface area contributed by atoms with Crippen molar-refractivity contribution in [3.63, 3.8) is 0 Å². The van der Waals surface area contributed by atoms with Gasteiger partial charge in [0.05, 0.1) is 19.0 Å². The molecule has 1 atom stereocenters. The Morgan fingerprint density at radius 3 is 2.76 bits per heavy atom. The van der Waals surface area contributed by atoms with Gasteiger partial charge in [-0.2, -0.15) is 0 Å². The highest BCUT2D eigenvalue weighted by Gasteiger charge is 2.18. The van der Waals surface area contributed by atoms with Gasteiger partial charge in [0.15, 0.2) is 5.96 Å². The van der Waals surface area contributed by atoms with Crippen molar-refractivity contribution < 1.29 is 17.9 Å². The third-order valence-corrected chi connectivity index (χ3v) is 5.98. The van der Waals surface area contributed by atoms with E-state index in [1.54, 1.807) is 14.2 Å². The molecule has 0 amide bonds. The van der Waals surface area contributed by atoms with Crippen LogP contribution in [0.15, 0.2) is 29.3 Å². The van der Waals surface area contributed by atoms with Crippen LogP contribution in [0.25, 0.3) is 0 Å². The number of nitrogens with one attached hydrogen (secondary N) is 2. The molecule has 1 aliphatic rings. The molecule has 1 heterocycles. The van der Waals surface area contributed by atoms with Crippen molar-refractivity contribution in [1.82, 2.24) is 14.9 Å². The Morgan fingerprint density at radius 1 is 1.34 bits per heavy atom. The summed E-state index contributed by atoms with van der Waals surface area (Å²) < 4.78 is 38.0. The van der Waals surface area contributed by atoms with E-state index in [0.29, 0.717) is 25.7 Å². The molecule has 29 heavy (non-hydrogen) atoms. The smallest absolute Gasteiger partial charge is 0.213 e. The fourth-order valence-corrected chi connectivity index (χ4v) is 4.06. The van der Waals surface area contributed by atoms with E-state index in [-0.39, 0.29) is 42.4 Å². The van der Waals surface area contributed by atoms with Crippen LogP contribution in [0.4, 0.5) is 0 Å². The lowest BCUT2D eigenvalue weighted by Crippen LogP contribution is -2.43. The highest BCUT2D eigenvalue weighted by Crippen LogP contribution is 2.18. The van der Waals surface area contributed by atoms with Crippen molar-refractivity contribution in [3.05, 3.63) is 29.8 Å². The molecule has 1 saturated heterocycles. The highest BCUT2D eigenvalue weighted by atomic mass is 127. The van der Waals surface area contributed by atoms with Crippen molar-refractivity contribution in [1.29, 1.82) is 0 Å². The minimum absolute atomic E-state index is 0. The zero-order valence-electron chi connectivity index (χ0n) is 17.4. The minimum Gasteiger partial charge on any atom is -0.496 e. The van der Waals surface area contributed by atoms with Crippen molar-refractivity contribution >= 4 is 40.0 Å². The first-order valence-electron chi connectivity index (χ1n) is 9.58. The van der Waals surface area contributed by atoms with Crippen molar-refractivity contribution in [2.75, 3.05) is 46.7 Å². The number of hydrogen-bond acceptors (Lipinski definition) is 5. The number of nitrogens with zero attached hydrogens (tertiary/aromatic N) is 2. The SMILES string of the molecule is CN=C(NCCS(=O)(=O)NCC1CCCCO1)N(C)Cc1ccccc1OC.I. The van der Waals surface area contributed by atoms with Gasteiger partial charge < -0.3 is 19.7 Å². The van der Waals surface area contributed by atoms with E-state index >= 15 is 0 Å². The molecule has 1 aliphatic heterocycles. The lowest BCUT2D eigenvalue weighted by Gasteiger charge is -2.24. The van der Waals surface area contributed by atoms with Crippen molar-refractivity contribution in [2.45, 2.75) is 31.9 Å². The van der Waals surface area contributed by atoms with Gasteiger partial charge in [0.25, 0.3) is 0 Å². The molecule has 0 saturated carbocycles. The summed E-state index contributed by atoms with van der Waals surface area (Å²) in [4.78, 5) is 6.16. The highest BCUT2D eigenvalue weighted by molar-refractivity contribution is 14.0. The molecular weight excluding hydrogens is 507 g/mol. The van der Waals surface area contributed by atoms with Crippen LogP contribution in [-0.2, 0) is 21.3 Å². The van der Waals surface area contributed by atoms with Gasteiger partial charge in [-0.1, -0.05) is 18.2 Å². The zero-order valence-corrected chi connectivity index (χ0v) is 20.5. The summed E-state index contributed by atoms with van der Waals surface area (Å²) in [6.45, 7) is 1.91. The molecular formula is C19H33IN4O4S. The lowest BCUT2D eigenvalue weighted by atomic mass is 10.1. The molecule has 0 bridgehead atoms. The molecule has 1 fully saturated rings. The molecule has 0 radical (unpaired) electrons. The van der Waals surface area contributed by atoms with Crippen LogP contribution < -0.4 is 14.8 Å². The van der Waals surface area contributed by atoms with E-state index in [2.05, 4.69) is 15.0 Å². The van der Waals surface area contributed by atoms with E-state index < -0.39 is 10.0 Å². The van der Waals surface area contributed by atoms with Gasteiger partial charge in [-0.25, -0.2) is 13.1 Å². The molecule has 1 aromatic carbocycles. The van der Waals surface area contributed by atoms with Crippen molar-refractivity contribution in [2.24, 2.45) is 4.99 Å². The number of halogens is 1. The number of sulfonamides is 1. The third kappa shape index (κ3) is 9.06. The Labute approximate surface area is 191 Å². The van der Waals surface area contributed by atoms with E-state index in [0.717, 1.165) is 30.6 Å². The summed E-state index contributed by atoms with van der Waals surface area (Å²) in [5, 5.41) is 3.11. The summed E-state index contributed by atoms with van der Waals surface area (Å²) in [5.41, 5.74) is 1.03. The molecule has 2 rings (SSSR count). The molecule has 0 spiro atoms. The molecule has 10 heteroatoms. The van der Waals surface area contributed by atoms with E-state index in [1.807, 2.05) is 36.2 Å². The van der Waals surface area contributed by atoms with Gasteiger partial charge in [0.1, 0.15) is 5.75 Å². The number of benzene rings is 1. The van der Waals surface area contributed by atoms with Gasteiger partial charge in [-0.3, -0.25) is 4.99 Å². The molecule has 0 aromatic heterocycles. The molecule has 1 aromatic rings. The standard InChI is InChI=1S/C19H32N4O4S.HI/c1-20-19(23(2)15-16-8-4-5-10-18(16)26-3)21-11-13-28(24,25)22-14-17-9-6-7-12-27-17;/h4-5,8,10,17,22H,6-7,9,11-15H2,1-3H3,(H,20,21);1H. The quantitative estimate of drug-likeness (QED) is 0.282. The first kappa shape index (κ1) is 25.9. The Bertz CT molecular complexity index is 739. The normalized spacial score (nSPS) is 17.3. The van der Waals surface area contributed by atoms with Crippen LogP contribution >= 0.6 is 24.0 Å². The second-order valence-corrected chi connectivity index (χ2v) is 8.72. The maximum atomic E-state index is 12.2. The van der Waals surface area contributed by atoms with Gasteiger partial charge in [0, 0.05) is 45.9 Å². The number of guanidine groups is 1. The molecule has 2 N–H and O–H groups in total. The van der Waals surface area contributed by atoms with Crippen LogP contribution in [0.3, 0.4) is 0 Å². The van der Waals surface area contributed by atoms with Gasteiger partial charge in [-0.15, -0.1) is 24.0 Å². The summed E-state index contributed by atoms with van der Waals surface area (Å²) in [6, 6.07) is 7.78. The van der Waals surface area contributed by atoms with Crippen LogP contribution in [0, 0.1) is 0 Å². The monoisotopic (exact) mass is 540 g/mol. The van der Waals surface area contributed by atoms with Crippen LogP contribution in [-0.4, -0.2) is 72.0 Å². The minimum atomic E-state index is -3.37. The first-order chi connectivity index (χ1) is 13.4. The van der Waals surface area contributed by atoms with Gasteiger partial charge in [-0.05, 0) is 25.3 Å². The van der Waals surface area contributed by atoms with Crippen LogP contribution in [0.2, 0.25) is 0 Å². The fourth-order valence-electron chi connectivity index (χ4n) is 3.11. The molecule has 0 aliphatic carbocycles. The van der Waals surface area contributed by atoms with Gasteiger partial charge >= 0.3 is 0 Å². The Kier molecular flexibility index (Phi) is 11.8. The Hall–Kier alpha value is -1.11. The second kappa shape index (κ2) is 13.2. The maximum Gasteiger partial charge on any atom is 0.213 e. The zero-order chi connectivity index (χ0) is 20.4. The Balaban J connectivity index is 0.00000420. The molecule has 166 valence electrons. The number of ether oxygens (including phenoxy) is 2.